The molecule has 1 aromatic rings. The number of carbonyl (C=O) groups is 2. The van der Waals surface area contributed by atoms with E-state index in [0.29, 0.717) is 40.5 Å². The molecular formula is C31H44N2O7. The molecule has 2 saturated carbocycles. The number of ether oxygens (including phenoxy) is 2. The van der Waals surface area contributed by atoms with Gasteiger partial charge in [-0.05, 0) is 49.0 Å². The second-order valence-electron chi connectivity index (χ2n) is 11.8. The third kappa shape index (κ3) is 5.74. The molecule has 0 spiro atoms. The van der Waals surface area contributed by atoms with Crippen LogP contribution in [-0.2, 0) is 16.2 Å². The number of hydrogen-bond acceptors (Lipinski definition) is 7. The van der Waals surface area contributed by atoms with Crippen LogP contribution in [0.15, 0.2) is 23.8 Å². The number of aliphatic hydroxyl groups excluding tert-OH is 3. The van der Waals surface area contributed by atoms with E-state index in [4.69, 9.17) is 9.47 Å². The molecule has 4 N–H and O–H groups in total. The normalized spacial score (nSPS) is 26.4. The highest BCUT2D eigenvalue weighted by molar-refractivity contribution is 5.96. The highest BCUT2D eigenvalue weighted by Crippen LogP contribution is 2.51. The summed E-state index contributed by atoms with van der Waals surface area (Å²) >= 11 is 0. The molecule has 1 aliphatic heterocycles. The van der Waals surface area contributed by atoms with E-state index in [1.54, 1.807) is 18.2 Å². The minimum absolute atomic E-state index is 0.00154. The summed E-state index contributed by atoms with van der Waals surface area (Å²) in [7, 11) is 1.51. The smallest absolute Gasteiger partial charge is 0.247 e. The quantitative estimate of drug-likeness (QED) is 0.349. The van der Waals surface area contributed by atoms with Gasteiger partial charge in [-0.2, -0.15) is 0 Å². The number of nitrogens with one attached hydrogen (secondary N) is 1. The highest BCUT2D eigenvalue weighted by atomic mass is 16.5. The molecule has 0 aromatic heterocycles. The monoisotopic (exact) mass is 556 g/mol. The topological polar surface area (TPSA) is 129 Å². The van der Waals surface area contributed by atoms with Crippen LogP contribution in [0.3, 0.4) is 0 Å². The number of aliphatic hydroxyl groups is 3. The lowest BCUT2D eigenvalue weighted by atomic mass is 9.76. The summed E-state index contributed by atoms with van der Waals surface area (Å²) in [5.41, 5.74) is 1.67. The fourth-order valence-corrected chi connectivity index (χ4v) is 7.32. The van der Waals surface area contributed by atoms with Crippen molar-refractivity contribution >= 4 is 11.8 Å². The van der Waals surface area contributed by atoms with Crippen molar-refractivity contribution < 1.29 is 34.4 Å². The van der Waals surface area contributed by atoms with E-state index in [0.717, 1.165) is 38.5 Å². The Morgan fingerprint density at radius 1 is 1.07 bits per heavy atom. The zero-order valence-corrected chi connectivity index (χ0v) is 23.5. The van der Waals surface area contributed by atoms with Crippen LogP contribution in [0.1, 0.15) is 87.7 Å². The summed E-state index contributed by atoms with van der Waals surface area (Å²) in [6, 6.07) is 2.76. The molecule has 2 fully saturated rings. The van der Waals surface area contributed by atoms with Crippen LogP contribution in [0.5, 0.6) is 11.5 Å². The van der Waals surface area contributed by atoms with Crippen molar-refractivity contribution in [1.82, 2.24) is 10.2 Å². The molecule has 0 unspecified atom stereocenters. The van der Waals surface area contributed by atoms with E-state index >= 15 is 0 Å². The minimum Gasteiger partial charge on any atom is -0.493 e. The number of benzene rings is 1. The van der Waals surface area contributed by atoms with E-state index in [9.17, 15) is 24.9 Å². The Balaban J connectivity index is 1.53. The summed E-state index contributed by atoms with van der Waals surface area (Å²) in [6.07, 6.45) is 10.9. The second-order valence-corrected chi connectivity index (χ2v) is 11.8. The van der Waals surface area contributed by atoms with Gasteiger partial charge in [0.25, 0.3) is 0 Å². The standard InChI is InChI=1S/C31H44N2O7/c1-39-25-16-20(18-35)15-22-27-23(31(38)32-13-14-34)17-24(28(37)30(27)40-29(22)25)33(21-9-3-2-4-10-21)26(36)12-11-19-7-5-6-8-19/h15-17,19,21,24,27-28,30,34-35,37H,2-14,18H2,1H3,(H,32,38)/t24-,27+,28+,30+/m1/s1. The van der Waals surface area contributed by atoms with Gasteiger partial charge in [0.2, 0.25) is 11.8 Å². The van der Waals surface area contributed by atoms with Gasteiger partial charge in [0.15, 0.2) is 11.5 Å². The molecule has 1 heterocycles. The van der Waals surface area contributed by atoms with Crippen LogP contribution in [-0.4, -0.2) is 76.6 Å². The van der Waals surface area contributed by atoms with Crippen molar-refractivity contribution in [2.24, 2.45) is 5.92 Å². The van der Waals surface area contributed by atoms with E-state index in [-0.39, 0.29) is 37.6 Å². The molecular weight excluding hydrogens is 512 g/mol. The lowest BCUT2D eigenvalue weighted by molar-refractivity contribution is -0.141. The third-order valence-corrected chi connectivity index (χ3v) is 9.31. The molecule has 3 aliphatic carbocycles. The molecule has 220 valence electrons. The molecule has 40 heavy (non-hydrogen) atoms. The summed E-state index contributed by atoms with van der Waals surface area (Å²) in [6.45, 7) is -0.337. The predicted molar refractivity (Wildman–Crippen MR) is 149 cm³/mol. The molecule has 4 atom stereocenters. The van der Waals surface area contributed by atoms with Crippen molar-refractivity contribution in [3.8, 4) is 11.5 Å². The first-order valence-corrected chi connectivity index (χ1v) is 15.0. The van der Waals surface area contributed by atoms with Gasteiger partial charge in [-0.15, -0.1) is 0 Å². The Bertz CT molecular complexity index is 1090. The molecule has 9 heteroatoms. The first-order valence-electron chi connectivity index (χ1n) is 15.0. The molecule has 1 aromatic carbocycles. The number of fused-ring (bicyclic) bond motifs is 3. The van der Waals surface area contributed by atoms with Gasteiger partial charge in [-0.1, -0.05) is 44.9 Å². The van der Waals surface area contributed by atoms with Crippen molar-refractivity contribution in [1.29, 1.82) is 0 Å². The summed E-state index contributed by atoms with van der Waals surface area (Å²) in [5, 5.41) is 33.9. The Labute approximate surface area is 236 Å². The van der Waals surface area contributed by atoms with Crippen LogP contribution < -0.4 is 14.8 Å². The van der Waals surface area contributed by atoms with Crippen LogP contribution in [0.4, 0.5) is 0 Å². The van der Waals surface area contributed by atoms with Gasteiger partial charge in [0.05, 0.1) is 32.3 Å². The lowest BCUT2D eigenvalue weighted by Gasteiger charge is -2.45. The van der Waals surface area contributed by atoms with Gasteiger partial charge in [0, 0.05) is 30.1 Å². The first-order chi connectivity index (χ1) is 19.5. The van der Waals surface area contributed by atoms with Gasteiger partial charge >= 0.3 is 0 Å². The second kappa shape index (κ2) is 12.9. The van der Waals surface area contributed by atoms with Crippen molar-refractivity contribution in [2.45, 2.75) is 107 Å². The van der Waals surface area contributed by atoms with E-state index in [2.05, 4.69) is 5.32 Å². The molecule has 4 aliphatic rings. The summed E-state index contributed by atoms with van der Waals surface area (Å²) in [5.74, 6) is 0.492. The van der Waals surface area contributed by atoms with E-state index in [1.807, 2.05) is 4.90 Å². The predicted octanol–water partition coefficient (Wildman–Crippen LogP) is 2.94. The van der Waals surface area contributed by atoms with E-state index in [1.165, 1.54) is 32.8 Å². The third-order valence-electron chi connectivity index (χ3n) is 9.31. The average Bonchev–Trinajstić information content (AvgIpc) is 3.64. The average molecular weight is 557 g/mol. The Hall–Kier alpha value is -2.62. The zero-order chi connectivity index (χ0) is 28.2. The first kappa shape index (κ1) is 28.9. The number of carbonyl (C=O) groups excluding carboxylic acids is 2. The Kier molecular flexibility index (Phi) is 9.33. The van der Waals surface area contributed by atoms with Gasteiger partial charge in [0.1, 0.15) is 12.2 Å². The summed E-state index contributed by atoms with van der Waals surface area (Å²) in [4.78, 5) is 29.3. The Morgan fingerprint density at radius 2 is 1.80 bits per heavy atom. The maximum absolute atomic E-state index is 14.0. The fraction of sp³-hybridized carbons (Fsp3) is 0.677. The van der Waals surface area contributed by atoms with Gasteiger partial charge in [-0.3, -0.25) is 9.59 Å². The number of hydrogen-bond donors (Lipinski definition) is 4. The maximum atomic E-state index is 14.0. The van der Waals surface area contributed by atoms with Crippen LogP contribution >= 0.6 is 0 Å². The molecule has 0 bridgehead atoms. The largest absolute Gasteiger partial charge is 0.493 e. The van der Waals surface area contributed by atoms with Crippen LogP contribution in [0.25, 0.3) is 0 Å². The van der Waals surface area contributed by atoms with Crippen molar-refractivity contribution in [3.63, 3.8) is 0 Å². The lowest BCUT2D eigenvalue weighted by Crippen LogP contribution is -2.58. The SMILES string of the molecule is COc1cc(CO)cc2c1O[C@@H]1[C@@H](O)[C@H](N(C(=O)CCC3CCCC3)C3CCCCC3)C=C(C(=O)NCCO)[C@H]21. The van der Waals surface area contributed by atoms with Gasteiger partial charge in [-0.25, -0.2) is 0 Å². The zero-order valence-electron chi connectivity index (χ0n) is 23.5. The number of nitrogens with zero attached hydrogens (tertiary/aromatic N) is 1. The van der Waals surface area contributed by atoms with Crippen molar-refractivity contribution in [2.75, 3.05) is 20.3 Å². The van der Waals surface area contributed by atoms with E-state index < -0.39 is 24.2 Å². The molecule has 5 rings (SSSR count). The number of rotatable bonds is 10. The Morgan fingerprint density at radius 3 is 2.48 bits per heavy atom. The number of methoxy groups -OCH3 is 1. The van der Waals surface area contributed by atoms with Crippen LogP contribution in [0.2, 0.25) is 0 Å². The molecule has 0 radical (unpaired) electrons. The maximum Gasteiger partial charge on any atom is 0.247 e. The molecule has 2 amide bonds. The van der Waals surface area contributed by atoms with Crippen molar-refractivity contribution in [3.05, 3.63) is 34.9 Å². The highest BCUT2D eigenvalue weighted by Gasteiger charge is 2.52. The summed E-state index contributed by atoms with van der Waals surface area (Å²) < 4.78 is 11.9. The van der Waals surface area contributed by atoms with Crippen LogP contribution in [0, 0.1) is 5.92 Å². The molecule has 0 saturated heterocycles. The number of amides is 2. The minimum atomic E-state index is -1.06. The molecule has 9 nitrogen and oxygen atoms in total. The van der Waals surface area contributed by atoms with Gasteiger partial charge < -0.3 is 35.0 Å². The fourth-order valence-electron chi connectivity index (χ4n) is 7.32.